The van der Waals surface area contributed by atoms with Crippen molar-refractivity contribution in [1.29, 1.82) is 0 Å². The van der Waals surface area contributed by atoms with Gasteiger partial charge in [0.05, 0.1) is 30.6 Å². The number of rotatable bonds is 3. The van der Waals surface area contributed by atoms with Gasteiger partial charge in [-0.05, 0) is 0 Å². The van der Waals surface area contributed by atoms with Gasteiger partial charge in [0.25, 0.3) is 5.56 Å². The van der Waals surface area contributed by atoms with Crippen molar-refractivity contribution in [3.05, 3.63) is 34.2 Å². The first-order valence-electron chi connectivity index (χ1n) is 5.86. The maximum absolute atomic E-state index is 12.3. The molecule has 108 valence electrons. The summed E-state index contributed by atoms with van der Waals surface area (Å²) in [5, 5.41) is 9.02. The molecule has 3 aromatic rings. The largest absolute Gasteiger partial charge is 0.493 e. The molecular formula is C13H10N2O5S. The Hall–Kier alpha value is -2.61. The summed E-state index contributed by atoms with van der Waals surface area (Å²) in [6, 6.07) is 3.36. The summed E-state index contributed by atoms with van der Waals surface area (Å²) >= 11 is 1.27. The van der Waals surface area contributed by atoms with E-state index in [9.17, 15) is 9.59 Å². The number of carbonyl (C=O) groups is 1. The highest BCUT2D eigenvalue weighted by Gasteiger charge is 2.17. The van der Waals surface area contributed by atoms with Gasteiger partial charge in [0, 0.05) is 12.1 Å². The van der Waals surface area contributed by atoms with E-state index < -0.39 is 11.5 Å². The van der Waals surface area contributed by atoms with Crippen LogP contribution in [-0.2, 0) is 0 Å². The van der Waals surface area contributed by atoms with Crippen molar-refractivity contribution in [2.24, 2.45) is 0 Å². The zero-order valence-corrected chi connectivity index (χ0v) is 11.9. The van der Waals surface area contributed by atoms with E-state index in [0.29, 0.717) is 22.0 Å². The lowest BCUT2D eigenvalue weighted by atomic mass is 10.3. The number of hydrogen-bond donors (Lipinski definition) is 1. The number of aromatic carboxylic acids is 1. The number of fused-ring (bicyclic) bond motifs is 3. The predicted octanol–water partition coefficient (Wildman–Crippen LogP) is 1.62. The summed E-state index contributed by atoms with van der Waals surface area (Å²) in [7, 11) is 3.01. The van der Waals surface area contributed by atoms with Gasteiger partial charge in [-0.1, -0.05) is 11.3 Å². The van der Waals surface area contributed by atoms with E-state index in [1.165, 1.54) is 30.0 Å². The number of nitrogens with zero attached hydrogens (tertiary/aromatic N) is 2. The van der Waals surface area contributed by atoms with Gasteiger partial charge in [0.15, 0.2) is 16.5 Å². The van der Waals surface area contributed by atoms with Gasteiger partial charge in [-0.3, -0.25) is 9.20 Å². The molecule has 0 unspecified atom stereocenters. The fourth-order valence-corrected chi connectivity index (χ4v) is 3.07. The molecule has 0 radical (unpaired) electrons. The molecule has 0 bridgehead atoms. The number of thiazole rings is 1. The van der Waals surface area contributed by atoms with Crippen LogP contribution in [0.5, 0.6) is 11.5 Å². The quantitative estimate of drug-likeness (QED) is 0.791. The predicted molar refractivity (Wildman–Crippen MR) is 76.9 cm³/mol. The number of carboxylic acids is 1. The Bertz CT molecular complexity index is 928. The standard InChI is InChI=1S/C13H10N2O5S/c1-19-8-3-7-10(4-9(8)20-2)21-13-14-5-6(12(17)18)11(16)15(7)13/h3-5H,1-2H3,(H,17,18). The second-order valence-corrected chi connectivity index (χ2v) is 5.19. The molecule has 7 nitrogen and oxygen atoms in total. The summed E-state index contributed by atoms with van der Waals surface area (Å²) in [5.74, 6) is -0.317. The third kappa shape index (κ3) is 1.91. The van der Waals surface area contributed by atoms with Crippen molar-refractivity contribution < 1.29 is 19.4 Å². The van der Waals surface area contributed by atoms with E-state index >= 15 is 0 Å². The number of carboxylic acid groups (broad SMARTS) is 1. The second-order valence-electron chi connectivity index (χ2n) is 4.18. The van der Waals surface area contributed by atoms with E-state index in [1.54, 1.807) is 12.1 Å². The number of benzene rings is 1. The molecule has 0 saturated heterocycles. The average Bonchev–Trinajstić information content (AvgIpc) is 2.83. The first kappa shape index (κ1) is 13.4. The Kier molecular flexibility index (Phi) is 3.02. The van der Waals surface area contributed by atoms with Crippen LogP contribution in [0, 0.1) is 0 Å². The first-order chi connectivity index (χ1) is 10.1. The third-order valence-corrected chi connectivity index (χ3v) is 4.08. The van der Waals surface area contributed by atoms with Crippen LogP contribution in [0.2, 0.25) is 0 Å². The van der Waals surface area contributed by atoms with Crippen LogP contribution in [0.25, 0.3) is 15.2 Å². The molecule has 3 rings (SSSR count). The van der Waals surface area contributed by atoms with Crippen LogP contribution in [0.15, 0.2) is 23.1 Å². The lowest BCUT2D eigenvalue weighted by Crippen LogP contribution is -2.21. The summed E-state index contributed by atoms with van der Waals surface area (Å²) in [4.78, 5) is 27.8. The highest BCUT2D eigenvalue weighted by molar-refractivity contribution is 7.23. The molecule has 0 aliphatic rings. The van der Waals surface area contributed by atoms with Crippen molar-refractivity contribution in [3.63, 3.8) is 0 Å². The Balaban J connectivity index is 2.47. The topological polar surface area (TPSA) is 90.1 Å². The SMILES string of the molecule is COc1cc2sc3ncc(C(=O)O)c(=O)n3c2cc1OC. The molecule has 2 heterocycles. The summed E-state index contributed by atoms with van der Waals surface area (Å²) in [6.45, 7) is 0. The lowest BCUT2D eigenvalue weighted by molar-refractivity contribution is 0.0694. The van der Waals surface area contributed by atoms with Gasteiger partial charge in [-0.25, -0.2) is 9.78 Å². The highest BCUT2D eigenvalue weighted by atomic mass is 32.1. The third-order valence-electron chi connectivity index (χ3n) is 3.07. The molecule has 0 spiro atoms. The molecule has 8 heteroatoms. The fraction of sp³-hybridized carbons (Fsp3) is 0.154. The maximum atomic E-state index is 12.3. The lowest BCUT2D eigenvalue weighted by Gasteiger charge is -2.07. The molecule has 1 aromatic carbocycles. The zero-order chi connectivity index (χ0) is 15.1. The smallest absolute Gasteiger partial charge is 0.342 e. The van der Waals surface area contributed by atoms with Crippen LogP contribution >= 0.6 is 11.3 Å². The van der Waals surface area contributed by atoms with Crippen LogP contribution in [-0.4, -0.2) is 34.7 Å². The molecule has 0 saturated carbocycles. The molecular weight excluding hydrogens is 296 g/mol. The second kappa shape index (κ2) is 4.74. The molecule has 1 N–H and O–H groups in total. The molecule has 0 fully saturated rings. The molecule has 21 heavy (non-hydrogen) atoms. The Morgan fingerprint density at radius 3 is 2.57 bits per heavy atom. The van der Waals surface area contributed by atoms with E-state index in [2.05, 4.69) is 4.98 Å². The minimum Gasteiger partial charge on any atom is -0.493 e. The number of hydrogen-bond acceptors (Lipinski definition) is 6. The summed E-state index contributed by atoms with van der Waals surface area (Å²) < 4.78 is 12.4. The first-order valence-corrected chi connectivity index (χ1v) is 6.68. The van der Waals surface area contributed by atoms with E-state index in [-0.39, 0.29) is 5.56 Å². The van der Waals surface area contributed by atoms with Crippen molar-refractivity contribution in [3.8, 4) is 11.5 Å². The van der Waals surface area contributed by atoms with Crippen LogP contribution in [0.3, 0.4) is 0 Å². The molecule has 0 atom stereocenters. The van der Waals surface area contributed by atoms with Crippen LogP contribution in [0.1, 0.15) is 10.4 Å². The number of aromatic nitrogens is 2. The Morgan fingerprint density at radius 1 is 1.29 bits per heavy atom. The van der Waals surface area contributed by atoms with Crippen molar-refractivity contribution >= 4 is 32.5 Å². The van der Waals surface area contributed by atoms with Crippen molar-refractivity contribution in [2.75, 3.05) is 14.2 Å². The van der Waals surface area contributed by atoms with E-state index in [4.69, 9.17) is 14.6 Å². The summed E-state index contributed by atoms with van der Waals surface area (Å²) in [5.41, 5.74) is -0.457. The van der Waals surface area contributed by atoms with Crippen molar-refractivity contribution in [1.82, 2.24) is 9.38 Å². The number of ether oxygens (including phenoxy) is 2. The minimum atomic E-state index is -1.30. The highest BCUT2D eigenvalue weighted by Crippen LogP contribution is 2.35. The Morgan fingerprint density at radius 2 is 1.95 bits per heavy atom. The Labute approximate surface area is 122 Å². The van der Waals surface area contributed by atoms with Crippen LogP contribution in [0.4, 0.5) is 0 Å². The molecule has 2 aromatic heterocycles. The van der Waals surface area contributed by atoms with E-state index in [0.717, 1.165) is 10.9 Å². The maximum Gasteiger partial charge on any atom is 0.342 e. The van der Waals surface area contributed by atoms with Gasteiger partial charge in [-0.15, -0.1) is 0 Å². The van der Waals surface area contributed by atoms with Gasteiger partial charge < -0.3 is 14.6 Å². The fourth-order valence-electron chi connectivity index (χ4n) is 2.08. The molecule has 0 aliphatic heterocycles. The van der Waals surface area contributed by atoms with Gasteiger partial charge >= 0.3 is 5.97 Å². The van der Waals surface area contributed by atoms with Gasteiger partial charge in [0.2, 0.25) is 0 Å². The minimum absolute atomic E-state index is 0.373. The average molecular weight is 306 g/mol. The normalized spacial score (nSPS) is 11.0. The van der Waals surface area contributed by atoms with E-state index in [1.807, 2.05) is 0 Å². The van der Waals surface area contributed by atoms with Gasteiger partial charge in [-0.2, -0.15) is 0 Å². The van der Waals surface area contributed by atoms with Gasteiger partial charge in [0.1, 0.15) is 5.56 Å². The van der Waals surface area contributed by atoms with Crippen LogP contribution < -0.4 is 15.0 Å². The number of methoxy groups -OCH3 is 2. The van der Waals surface area contributed by atoms with Crippen molar-refractivity contribution in [2.45, 2.75) is 0 Å². The zero-order valence-electron chi connectivity index (χ0n) is 11.1. The summed E-state index contributed by atoms with van der Waals surface area (Å²) in [6.07, 6.45) is 1.07. The monoisotopic (exact) mass is 306 g/mol. The molecule has 0 amide bonds. The molecule has 0 aliphatic carbocycles.